The number of carbonyl (C=O) groups excluding carboxylic acids is 2. The van der Waals surface area contributed by atoms with Crippen LogP contribution in [-0.4, -0.2) is 36.9 Å². The third-order valence-corrected chi connectivity index (χ3v) is 4.32. The van der Waals surface area contributed by atoms with Gasteiger partial charge in [0.25, 0.3) is 0 Å². The molecule has 0 spiro atoms. The number of nitrogens with one attached hydrogen (secondary N) is 1. The molecule has 0 aromatic heterocycles. The molecule has 0 aliphatic rings. The molecule has 1 atom stereocenters. The van der Waals surface area contributed by atoms with Gasteiger partial charge in [-0.3, -0.25) is 9.59 Å². The molecule has 1 N–H and O–H groups in total. The highest BCUT2D eigenvalue weighted by Gasteiger charge is 2.19. The highest BCUT2D eigenvalue weighted by Crippen LogP contribution is 2.12. The maximum Gasteiger partial charge on any atom is 0.244 e. The number of ether oxygens (including phenoxy) is 1. The normalized spacial score (nSPS) is 11.9. The van der Waals surface area contributed by atoms with Crippen LogP contribution in [0.15, 0.2) is 54.6 Å². The Morgan fingerprint density at radius 1 is 1.15 bits per heavy atom. The zero-order chi connectivity index (χ0) is 19.8. The van der Waals surface area contributed by atoms with Gasteiger partial charge in [-0.1, -0.05) is 36.4 Å². The Hall–Kier alpha value is -3.08. The van der Waals surface area contributed by atoms with E-state index in [9.17, 15) is 9.59 Å². The molecule has 0 aliphatic carbocycles. The molecule has 0 fully saturated rings. The van der Waals surface area contributed by atoms with Crippen molar-refractivity contribution in [2.45, 2.75) is 26.4 Å². The molecule has 2 rings (SSSR count). The van der Waals surface area contributed by atoms with Gasteiger partial charge >= 0.3 is 0 Å². The number of hydrogen-bond acceptors (Lipinski definition) is 3. The van der Waals surface area contributed by atoms with Crippen LogP contribution in [0.1, 0.15) is 23.6 Å². The largest absolute Gasteiger partial charge is 0.497 e. The van der Waals surface area contributed by atoms with Crippen LogP contribution >= 0.6 is 0 Å². The number of carbonyl (C=O) groups is 2. The average Bonchev–Trinajstić information content (AvgIpc) is 2.67. The first-order chi connectivity index (χ1) is 12.9. The lowest BCUT2D eigenvalue weighted by Crippen LogP contribution is -2.44. The molecule has 5 nitrogen and oxygen atoms in total. The van der Waals surface area contributed by atoms with Gasteiger partial charge in [0.15, 0.2) is 0 Å². The number of benzene rings is 2. The molecule has 0 saturated heterocycles. The zero-order valence-electron chi connectivity index (χ0n) is 16.2. The molecular formula is C22H26N2O3. The highest BCUT2D eigenvalue weighted by molar-refractivity contribution is 5.95. The molecule has 0 heterocycles. The van der Waals surface area contributed by atoms with E-state index in [0.29, 0.717) is 6.54 Å². The van der Waals surface area contributed by atoms with Gasteiger partial charge in [-0.15, -0.1) is 0 Å². The molecular weight excluding hydrogens is 340 g/mol. The molecule has 2 aromatic carbocycles. The van der Waals surface area contributed by atoms with Crippen LogP contribution in [0.4, 0.5) is 0 Å². The van der Waals surface area contributed by atoms with Crippen molar-refractivity contribution in [3.05, 3.63) is 71.3 Å². The Bertz CT molecular complexity index is 813. The summed E-state index contributed by atoms with van der Waals surface area (Å²) in [5.41, 5.74) is 3.10. The topological polar surface area (TPSA) is 58.6 Å². The van der Waals surface area contributed by atoms with Crippen molar-refractivity contribution in [1.29, 1.82) is 0 Å². The fourth-order valence-electron chi connectivity index (χ4n) is 2.66. The second kappa shape index (κ2) is 9.57. The first-order valence-electron chi connectivity index (χ1n) is 8.83. The van der Waals surface area contributed by atoms with Crippen LogP contribution < -0.4 is 10.1 Å². The number of methoxy groups -OCH3 is 1. The minimum atomic E-state index is -0.605. The summed E-state index contributed by atoms with van der Waals surface area (Å²) < 4.78 is 5.10. The lowest BCUT2D eigenvalue weighted by Gasteiger charge is -2.22. The van der Waals surface area contributed by atoms with Crippen molar-refractivity contribution >= 4 is 17.9 Å². The maximum absolute atomic E-state index is 12.5. The SMILES string of the molecule is COc1ccc(/C=C/C(=O)N[C@@H](C)C(=O)N(C)Cc2ccccc2C)cc1. The molecule has 142 valence electrons. The second-order valence-corrected chi connectivity index (χ2v) is 6.46. The quantitative estimate of drug-likeness (QED) is 0.766. The highest BCUT2D eigenvalue weighted by atomic mass is 16.5. The number of amides is 2. The standard InChI is InChI=1S/C22H26N2O3/c1-16-7-5-6-8-19(16)15-24(3)22(26)17(2)23-21(25)14-11-18-9-12-20(27-4)13-10-18/h5-14,17H,15H2,1-4H3,(H,23,25)/b14-11+/t17-/m0/s1. The summed E-state index contributed by atoms with van der Waals surface area (Å²) in [7, 11) is 3.34. The Balaban J connectivity index is 1.89. The number of nitrogens with zero attached hydrogens (tertiary/aromatic N) is 1. The number of hydrogen-bond donors (Lipinski definition) is 1. The van der Waals surface area contributed by atoms with Gasteiger partial charge in [0.05, 0.1) is 7.11 Å². The Morgan fingerprint density at radius 2 is 1.81 bits per heavy atom. The van der Waals surface area contributed by atoms with Crippen molar-refractivity contribution in [2.75, 3.05) is 14.2 Å². The van der Waals surface area contributed by atoms with Gasteiger partial charge in [-0.25, -0.2) is 0 Å². The summed E-state index contributed by atoms with van der Waals surface area (Å²) >= 11 is 0. The molecule has 0 unspecified atom stereocenters. The summed E-state index contributed by atoms with van der Waals surface area (Å²) in [6.45, 7) is 4.21. The van der Waals surface area contributed by atoms with Gasteiger partial charge in [-0.05, 0) is 48.7 Å². The minimum absolute atomic E-state index is 0.135. The lowest BCUT2D eigenvalue weighted by molar-refractivity contribution is -0.134. The third kappa shape index (κ3) is 5.99. The molecule has 0 saturated carbocycles. The lowest BCUT2D eigenvalue weighted by atomic mass is 10.1. The predicted octanol–water partition coefficient (Wildman–Crippen LogP) is 3.18. The smallest absolute Gasteiger partial charge is 0.244 e. The van der Waals surface area contributed by atoms with Crippen LogP contribution in [0.3, 0.4) is 0 Å². The third-order valence-electron chi connectivity index (χ3n) is 4.32. The molecule has 0 radical (unpaired) electrons. The summed E-state index contributed by atoms with van der Waals surface area (Å²) in [6, 6.07) is 14.7. The van der Waals surface area contributed by atoms with Crippen molar-refractivity contribution in [3.8, 4) is 5.75 Å². The first-order valence-corrected chi connectivity index (χ1v) is 8.83. The van der Waals surface area contributed by atoms with Crippen LogP contribution in [0.5, 0.6) is 5.75 Å². The monoisotopic (exact) mass is 366 g/mol. The minimum Gasteiger partial charge on any atom is -0.497 e. The number of likely N-dealkylation sites (N-methyl/N-ethyl adjacent to an activating group) is 1. The fourth-order valence-corrected chi connectivity index (χ4v) is 2.66. The van der Waals surface area contributed by atoms with E-state index in [-0.39, 0.29) is 11.8 Å². The van der Waals surface area contributed by atoms with E-state index in [1.54, 1.807) is 32.1 Å². The Morgan fingerprint density at radius 3 is 2.44 bits per heavy atom. The van der Waals surface area contributed by atoms with E-state index in [2.05, 4.69) is 5.32 Å². The molecule has 2 amide bonds. The first kappa shape index (κ1) is 20.2. The maximum atomic E-state index is 12.5. The van der Waals surface area contributed by atoms with Gasteiger partial charge in [-0.2, -0.15) is 0 Å². The van der Waals surface area contributed by atoms with Crippen molar-refractivity contribution < 1.29 is 14.3 Å². The van der Waals surface area contributed by atoms with Crippen molar-refractivity contribution in [2.24, 2.45) is 0 Å². The summed E-state index contributed by atoms with van der Waals surface area (Å²) in [4.78, 5) is 26.2. The summed E-state index contributed by atoms with van der Waals surface area (Å²) in [5, 5.41) is 2.71. The van der Waals surface area contributed by atoms with E-state index < -0.39 is 6.04 Å². The van der Waals surface area contributed by atoms with E-state index in [4.69, 9.17) is 4.74 Å². The van der Waals surface area contributed by atoms with Crippen LogP contribution in [0, 0.1) is 6.92 Å². The van der Waals surface area contributed by atoms with Gasteiger partial charge in [0.2, 0.25) is 11.8 Å². The molecule has 2 aromatic rings. The van der Waals surface area contributed by atoms with Gasteiger partial charge < -0.3 is 15.0 Å². The van der Waals surface area contributed by atoms with Crippen molar-refractivity contribution in [3.63, 3.8) is 0 Å². The van der Waals surface area contributed by atoms with Crippen molar-refractivity contribution in [1.82, 2.24) is 10.2 Å². The van der Waals surface area contributed by atoms with E-state index in [1.807, 2.05) is 55.5 Å². The molecule has 0 aliphatic heterocycles. The predicted molar refractivity (Wildman–Crippen MR) is 107 cm³/mol. The number of rotatable bonds is 7. The van der Waals surface area contributed by atoms with Crippen LogP contribution in [0.25, 0.3) is 6.08 Å². The summed E-state index contributed by atoms with van der Waals surface area (Å²) in [6.07, 6.45) is 3.12. The van der Waals surface area contributed by atoms with E-state index in [1.165, 1.54) is 6.08 Å². The van der Waals surface area contributed by atoms with E-state index >= 15 is 0 Å². The molecule has 0 bridgehead atoms. The number of aryl methyl sites for hydroxylation is 1. The fraction of sp³-hybridized carbons (Fsp3) is 0.273. The van der Waals surface area contributed by atoms with Crippen LogP contribution in [0.2, 0.25) is 0 Å². The molecule has 5 heteroatoms. The molecule has 27 heavy (non-hydrogen) atoms. The van der Waals surface area contributed by atoms with Gasteiger partial charge in [0.1, 0.15) is 11.8 Å². The van der Waals surface area contributed by atoms with Crippen LogP contribution in [-0.2, 0) is 16.1 Å². The Labute approximate surface area is 160 Å². The zero-order valence-corrected chi connectivity index (χ0v) is 16.2. The van der Waals surface area contributed by atoms with E-state index in [0.717, 1.165) is 22.4 Å². The Kier molecular flexibility index (Phi) is 7.17. The second-order valence-electron chi connectivity index (χ2n) is 6.46. The average molecular weight is 366 g/mol. The summed E-state index contributed by atoms with van der Waals surface area (Å²) in [5.74, 6) is 0.313. The van der Waals surface area contributed by atoms with Gasteiger partial charge in [0, 0.05) is 19.7 Å².